The van der Waals surface area contributed by atoms with Crippen LogP contribution in [-0.2, 0) is 5.54 Å². The lowest BCUT2D eigenvalue weighted by Gasteiger charge is -2.41. The highest BCUT2D eigenvalue weighted by Crippen LogP contribution is 2.58. The van der Waals surface area contributed by atoms with Crippen molar-refractivity contribution >= 4 is 18.1 Å². The SMILES string of the molecule is O=C(O)c1cccc(/C=N/N2C(=O)c3ccccc3C23c2ccc(O)cc2Oc2cc(O)ccc23)c1O. The van der Waals surface area contributed by atoms with E-state index >= 15 is 0 Å². The third-order valence-corrected chi connectivity index (χ3v) is 6.60. The first-order chi connectivity index (χ1) is 17.8. The summed E-state index contributed by atoms with van der Waals surface area (Å²) < 4.78 is 6.03. The van der Waals surface area contributed by atoms with E-state index in [0.717, 1.165) is 0 Å². The lowest BCUT2D eigenvalue weighted by Crippen LogP contribution is -2.44. The Kier molecular flexibility index (Phi) is 4.71. The number of fused-ring (bicyclic) bond motifs is 6. The van der Waals surface area contributed by atoms with Gasteiger partial charge in [-0.25, -0.2) is 9.80 Å². The molecule has 4 aromatic rings. The quantitative estimate of drug-likeness (QED) is 0.310. The molecule has 4 N–H and O–H groups in total. The van der Waals surface area contributed by atoms with Gasteiger partial charge < -0.3 is 25.2 Å². The summed E-state index contributed by atoms with van der Waals surface area (Å²) in [6.45, 7) is 0. The number of amides is 1. The van der Waals surface area contributed by atoms with E-state index in [-0.39, 0.29) is 34.1 Å². The number of carboxylic acids is 1. The third kappa shape index (κ3) is 3.07. The van der Waals surface area contributed by atoms with E-state index in [9.17, 15) is 30.0 Å². The molecule has 37 heavy (non-hydrogen) atoms. The van der Waals surface area contributed by atoms with Crippen LogP contribution in [0.5, 0.6) is 28.7 Å². The maximum absolute atomic E-state index is 13.8. The number of hydrogen-bond donors (Lipinski definition) is 4. The Balaban J connectivity index is 1.65. The number of hydrazone groups is 1. The standard InChI is InChI=1S/C28H18N2O7/c31-16-8-10-21-23(12-16)37-24-13-17(32)9-11-22(24)28(21)20-7-2-1-5-18(20)26(34)30(28)29-14-15-4-3-6-19(25(15)33)27(35)36/h1-14,31-33H,(H,35,36)/b29-14+. The van der Waals surface area contributed by atoms with Crippen molar-refractivity contribution in [2.45, 2.75) is 5.54 Å². The van der Waals surface area contributed by atoms with Crippen molar-refractivity contribution in [1.29, 1.82) is 0 Å². The molecule has 2 heterocycles. The maximum atomic E-state index is 13.8. The molecular formula is C28H18N2O7. The number of aromatic carboxylic acids is 1. The Morgan fingerprint density at radius 3 is 2.14 bits per heavy atom. The van der Waals surface area contributed by atoms with E-state index in [0.29, 0.717) is 22.3 Å². The second kappa shape index (κ2) is 7.85. The largest absolute Gasteiger partial charge is 0.508 e. The fourth-order valence-electron chi connectivity index (χ4n) is 5.03. The van der Waals surface area contributed by atoms with Crippen LogP contribution in [0, 0.1) is 0 Å². The van der Waals surface area contributed by atoms with Crippen molar-refractivity contribution in [3.05, 3.63) is 112 Å². The summed E-state index contributed by atoms with van der Waals surface area (Å²) in [5.41, 5.74) is 0.454. The van der Waals surface area contributed by atoms with Gasteiger partial charge in [0.2, 0.25) is 0 Å². The number of para-hydroxylation sites is 1. The average Bonchev–Trinajstić information content (AvgIpc) is 3.11. The molecule has 182 valence electrons. The number of ether oxygens (including phenoxy) is 1. The van der Waals surface area contributed by atoms with Crippen LogP contribution in [0.3, 0.4) is 0 Å². The van der Waals surface area contributed by atoms with E-state index in [1.165, 1.54) is 53.7 Å². The third-order valence-electron chi connectivity index (χ3n) is 6.60. The Morgan fingerprint density at radius 1 is 0.838 bits per heavy atom. The van der Waals surface area contributed by atoms with Crippen molar-refractivity contribution in [1.82, 2.24) is 5.01 Å². The van der Waals surface area contributed by atoms with Crippen molar-refractivity contribution in [2.24, 2.45) is 5.10 Å². The summed E-state index contributed by atoms with van der Waals surface area (Å²) in [4.78, 5) is 25.3. The normalized spacial score (nSPS) is 14.8. The molecule has 9 heteroatoms. The second-order valence-electron chi connectivity index (χ2n) is 8.63. The minimum atomic E-state index is -1.35. The van der Waals surface area contributed by atoms with Crippen LogP contribution in [0.15, 0.2) is 84.0 Å². The molecule has 0 bridgehead atoms. The minimum absolute atomic E-state index is 0.0550. The first-order valence-electron chi connectivity index (χ1n) is 11.2. The molecule has 0 saturated carbocycles. The van der Waals surface area contributed by atoms with Gasteiger partial charge in [-0.05, 0) is 42.5 Å². The van der Waals surface area contributed by atoms with E-state index < -0.39 is 23.2 Å². The highest BCUT2D eigenvalue weighted by molar-refractivity contribution is 6.03. The molecule has 6 rings (SSSR count). The molecule has 4 aromatic carbocycles. The average molecular weight is 494 g/mol. The Hall–Kier alpha value is -5.31. The van der Waals surface area contributed by atoms with Gasteiger partial charge in [-0.3, -0.25) is 4.79 Å². The van der Waals surface area contributed by atoms with Gasteiger partial charge in [-0.2, -0.15) is 5.10 Å². The molecule has 0 aliphatic carbocycles. The fourth-order valence-corrected chi connectivity index (χ4v) is 5.03. The molecule has 0 fully saturated rings. The van der Waals surface area contributed by atoms with E-state index in [2.05, 4.69) is 5.10 Å². The zero-order valence-electron chi connectivity index (χ0n) is 19.0. The zero-order valence-corrected chi connectivity index (χ0v) is 19.0. The number of aromatic hydroxyl groups is 3. The molecule has 0 atom stereocenters. The Labute approximate surface area is 209 Å². The Morgan fingerprint density at radius 2 is 1.49 bits per heavy atom. The van der Waals surface area contributed by atoms with Crippen LogP contribution in [-0.4, -0.2) is 43.5 Å². The summed E-state index contributed by atoms with van der Waals surface area (Å²) in [5.74, 6) is -1.82. The molecule has 0 aromatic heterocycles. The number of carboxylic acid groups (broad SMARTS) is 1. The number of benzene rings is 4. The lowest BCUT2D eigenvalue weighted by molar-refractivity contribution is 0.0670. The molecule has 2 aliphatic heterocycles. The number of phenols is 3. The van der Waals surface area contributed by atoms with Crippen LogP contribution in [0.25, 0.3) is 0 Å². The van der Waals surface area contributed by atoms with Gasteiger partial charge >= 0.3 is 5.97 Å². The molecule has 0 radical (unpaired) electrons. The predicted octanol–water partition coefficient (Wildman–Crippen LogP) is 4.39. The van der Waals surface area contributed by atoms with E-state index in [1.807, 2.05) is 0 Å². The summed E-state index contributed by atoms with van der Waals surface area (Å²) in [6.07, 6.45) is 1.23. The van der Waals surface area contributed by atoms with Gasteiger partial charge in [-0.1, -0.05) is 24.3 Å². The summed E-state index contributed by atoms with van der Waals surface area (Å²) >= 11 is 0. The summed E-state index contributed by atoms with van der Waals surface area (Å²) in [5, 5.41) is 46.0. The monoisotopic (exact) mass is 494 g/mol. The number of rotatable bonds is 3. The molecule has 1 spiro atoms. The van der Waals surface area contributed by atoms with Crippen LogP contribution < -0.4 is 4.74 Å². The van der Waals surface area contributed by atoms with E-state index in [1.54, 1.807) is 36.4 Å². The molecular weight excluding hydrogens is 476 g/mol. The van der Waals surface area contributed by atoms with Gasteiger partial charge in [-0.15, -0.1) is 0 Å². The minimum Gasteiger partial charge on any atom is -0.508 e. The van der Waals surface area contributed by atoms with Crippen molar-refractivity contribution in [3.63, 3.8) is 0 Å². The highest BCUT2D eigenvalue weighted by Gasteiger charge is 2.57. The van der Waals surface area contributed by atoms with Gasteiger partial charge in [0.05, 0.1) is 6.21 Å². The molecule has 2 aliphatic rings. The second-order valence-corrected chi connectivity index (χ2v) is 8.63. The maximum Gasteiger partial charge on any atom is 0.339 e. The van der Waals surface area contributed by atoms with Crippen LogP contribution in [0.4, 0.5) is 0 Å². The van der Waals surface area contributed by atoms with E-state index in [4.69, 9.17) is 4.74 Å². The molecule has 9 nitrogen and oxygen atoms in total. The molecule has 0 saturated heterocycles. The molecule has 0 unspecified atom stereocenters. The first-order valence-corrected chi connectivity index (χ1v) is 11.2. The van der Waals surface area contributed by atoms with Crippen LogP contribution in [0.2, 0.25) is 0 Å². The van der Waals surface area contributed by atoms with Crippen LogP contribution in [0.1, 0.15) is 43.0 Å². The molecule has 1 amide bonds. The van der Waals surface area contributed by atoms with Gasteiger partial charge in [0, 0.05) is 39.9 Å². The fraction of sp³-hybridized carbons (Fsp3) is 0.0357. The number of carbonyl (C=O) groups is 2. The first kappa shape index (κ1) is 22.2. The smallest absolute Gasteiger partial charge is 0.339 e. The number of carbonyl (C=O) groups excluding carboxylic acids is 1. The number of hydrogen-bond acceptors (Lipinski definition) is 7. The zero-order chi connectivity index (χ0) is 25.9. The van der Waals surface area contributed by atoms with Crippen molar-refractivity contribution in [3.8, 4) is 28.7 Å². The van der Waals surface area contributed by atoms with Gasteiger partial charge in [0.1, 0.15) is 39.8 Å². The summed E-state index contributed by atoms with van der Waals surface area (Å²) in [7, 11) is 0. The van der Waals surface area contributed by atoms with Gasteiger partial charge in [0.25, 0.3) is 5.91 Å². The summed E-state index contributed by atoms with van der Waals surface area (Å²) in [6, 6.07) is 20.3. The number of phenolic OH excluding ortho intramolecular Hbond substituents is 2. The van der Waals surface area contributed by atoms with Crippen molar-refractivity contribution in [2.75, 3.05) is 0 Å². The van der Waals surface area contributed by atoms with Crippen LogP contribution >= 0.6 is 0 Å². The topological polar surface area (TPSA) is 140 Å². The van der Waals surface area contributed by atoms with Crippen molar-refractivity contribution < 1.29 is 34.8 Å². The highest BCUT2D eigenvalue weighted by atomic mass is 16.5. The number of nitrogens with zero attached hydrogens (tertiary/aromatic N) is 2. The predicted molar refractivity (Wildman–Crippen MR) is 131 cm³/mol. The Bertz CT molecular complexity index is 1610. The lowest BCUT2D eigenvalue weighted by atomic mass is 9.75. The van der Waals surface area contributed by atoms with Gasteiger partial charge in [0.15, 0.2) is 0 Å².